The lowest BCUT2D eigenvalue weighted by molar-refractivity contribution is -0.384. The van der Waals surface area contributed by atoms with Crippen molar-refractivity contribution in [2.45, 2.75) is 25.8 Å². The first-order valence-corrected chi connectivity index (χ1v) is 10.3. The number of benzene rings is 1. The molecule has 3 rings (SSSR count). The number of halogens is 1. The summed E-state index contributed by atoms with van der Waals surface area (Å²) in [5.74, 6) is 1.02. The Bertz CT molecular complexity index is 746. The van der Waals surface area contributed by atoms with Gasteiger partial charge >= 0.3 is 0 Å². The Labute approximate surface area is 194 Å². The number of nitro benzene ring substituents is 1. The van der Waals surface area contributed by atoms with Crippen molar-refractivity contribution in [2.24, 2.45) is 4.99 Å². The summed E-state index contributed by atoms with van der Waals surface area (Å²) < 4.78 is 0. The summed E-state index contributed by atoms with van der Waals surface area (Å²) in [4.78, 5) is 33.7. The Hall–Kier alpha value is -1.95. The molecule has 0 aromatic heterocycles. The Morgan fingerprint density at radius 2 is 1.80 bits per heavy atom. The third-order valence-electron chi connectivity index (χ3n) is 5.52. The van der Waals surface area contributed by atoms with E-state index < -0.39 is 0 Å². The second-order valence-electron chi connectivity index (χ2n) is 7.53. The van der Waals surface area contributed by atoms with Crippen LogP contribution in [0.1, 0.15) is 24.8 Å². The van der Waals surface area contributed by atoms with Gasteiger partial charge in [-0.2, -0.15) is 0 Å². The lowest BCUT2D eigenvalue weighted by atomic mass is 10.1. The molecule has 2 aliphatic heterocycles. The highest BCUT2D eigenvalue weighted by atomic mass is 127. The molecule has 9 nitrogen and oxygen atoms in total. The number of non-ortho nitro benzene ring substituents is 1. The molecule has 1 aromatic rings. The summed E-state index contributed by atoms with van der Waals surface area (Å²) in [5.41, 5.74) is 0.928. The predicted molar refractivity (Wildman–Crippen MR) is 127 cm³/mol. The number of rotatable bonds is 5. The zero-order chi connectivity index (χ0) is 20.6. The first-order valence-electron chi connectivity index (χ1n) is 10.3. The van der Waals surface area contributed by atoms with Crippen LogP contribution in [0.5, 0.6) is 0 Å². The topological polar surface area (TPSA) is 94.3 Å². The lowest BCUT2D eigenvalue weighted by Crippen LogP contribution is -2.54. The van der Waals surface area contributed by atoms with E-state index >= 15 is 0 Å². The number of nitrogens with zero attached hydrogens (tertiary/aromatic N) is 5. The van der Waals surface area contributed by atoms with Gasteiger partial charge in [-0.15, -0.1) is 24.0 Å². The Morgan fingerprint density at radius 1 is 1.10 bits per heavy atom. The number of amides is 1. The van der Waals surface area contributed by atoms with Crippen LogP contribution in [-0.4, -0.2) is 84.4 Å². The van der Waals surface area contributed by atoms with Gasteiger partial charge in [-0.25, -0.2) is 0 Å². The highest BCUT2D eigenvalue weighted by Crippen LogP contribution is 2.13. The van der Waals surface area contributed by atoms with E-state index in [4.69, 9.17) is 0 Å². The number of guanidine groups is 1. The smallest absolute Gasteiger partial charge is 0.269 e. The Kier molecular flexibility index (Phi) is 9.76. The van der Waals surface area contributed by atoms with Crippen LogP contribution in [0.3, 0.4) is 0 Å². The van der Waals surface area contributed by atoms with E-state index in [0.29, 0.717) is 13.1 Å². The number of piperidine rings is 1. The molecule has 166 valence electrons. The largest absolute Gasteiger partial charge is 0.352 e. The minimum atomic E-state index is -0.386. The molecule has 0 atom stereocenters. The number of aliphatic imine (C=N–C) groups is 1. The molecule has 2 aliphatic rings. The van der Waals surface area contributed by atoms with Crippen molar-refractivity contribution in [3.05, 3.63) is 39.9 Å². The summed E-state index contributed by atoms with van der Waals surface area (Å²) in [6.45, 7) is 5.98. The summed E-state index contributed by atoms with van der Waals surface area (Å²) >= 11 is 0. The van der Waals surface area contributed by atoms with Gasteiger partial charge in [0.2, 0.25) is 5.91 Å². The molecule has 0 radical (unpaired) electrons. The summed E-state index contributed by atoms with van der Waals surface area (Å²) in [6.07, 6.45) is 3.46. The average Bonchev–Trinajstić information content (AvgIpc) is 2.76. The van der Waals surface area contributed by atoms with Crippen LogP contribution in [0, 0.1) is 10.1 Å². The number of hydrogen-bond acceptors (Lipinski definition) is 5. The molecule has 0 bridgehead atoms. The van der Waals surface area contributed by atoms with Crippen LogP contribution in [0.4, 0.5) is 5.69 Å². The fourth-order valence-electron chi connectivity index (χ4n) is 3.85. The molecule has 2 saturated heterocycles. The Balaban J connectivity index is 0.00000320. The number of nitrogens with one attached hydrogen (secondary N) is 1. The number of piperazine rings is 1. The van der Waals surface area contributed by atoms with E-state index in [1.807, 2.05) is 11.0 Å². The first-order chi connectivity index (χ1) is 14.1. The maximum atomic E-state index is 12.5. The van der Waals surface area contributed by atoms with Crippen LogP contribution in [0.2, 0.25) is 0 Å². The molecule has 30 heavy (non-hydrogen) atoms. The monoisotopic (exact) mass is 530 g/mol. The van der Waals surface area contributed by atoms with Crippen molar-refractivity contribution in [1.29, 1.82) is 0 Å². The van der Waals surface area contributed by atoms with Crippen molar-refractivity contribution in [3.8, 4) is 0 Å². The maximum Gasteiger partial charge on any atom is 0.269 e. The number of hydrogen-bond donors (Lipinski definition) is 1. The van der Waals surface area contributed by atoms with E-state index in [9.17, 15) is 14.9 Å². The zero-order valence-corrected chi connectivity index (χ0v) is 19.8. The fraction of sp³-hybridized carbons (Fsp3) is 0.600. The molecule has 1 aromatic carbocycles. The highest BCUT2D eigenvalue weighted by Gasteiger charge is 2.24. The van der Waals surface area contributed by atoms with Crippen LogP contribution in [0.15, 0.2) is 29.3 Å². The normalized spacial score (nSPS) is 18.0. The maximum absolute atomic E-state index is 12.5. The molecule has 2 heterocycles. The first kappa shape index (κ1) is 24.3. The van der Waals surface area contributed by atoms with E-state index in [1.54, 1.807) is 19.2 Å². The fourth-order valence-corrected chi connectivity index (χ4v) is 3.85. The SMILES string of the molecule is CN=C(NCc1cccc([N+](=O)[O-])c1)N1CCN(CC(=O)N2CCCCC2)CC1.I. The van der Waals surface area contributed by atoms with E-state index in [1.165, 1.54) is 12.5 Å². The molecule has 10 heteroatoms. The van der Waals surface area contributed by atoms with E-state index in [0.717, 1.165) is 63.6 Å². The zero-order valence-electron chi connectivity index (χ0n) is 17.5. The standard InChI is InChI=1S/C20H30N6O3.HI/c1-21-20(22-15-17-6-5-7-18(14-17)26(28)29)25-12-10-23(11-13-25)16-19(27)24-8-3-2-4-9-24;/h5-7,14H,2-4,8-13,15-16H2,1H3,(H,21,22);1H. The van der Waals surface area contributed by atoms with Crippen molar-refractivity contribution in [3.63, 3.8) is 0 Å². The van der Waals surface area contributed by atoms with E-state index in [2.05, 4.69) is 20.1 Å². The third kappa shape index (κ3) is 6.79. The van der Waals surface area contributed by atoms with Crippen LogP contribution >= 0.6 is 24.0 Å². The molecule has 1 amide bonds. The van der Waals surface area contributed by atoms with Gasteiger partial charge in [-0.3, -0.25) is 24.8 Å². The number of carbonyl (C=O) groups is 1. The molecule has 0 aliphatic carbocycles. The molecule has 0 saturated carbocycles. The quantitative estimate of drug-likeness (QED) is 0.206. The molecular weight excluding hydrogens is 499 g/mol. The van der Waals surface area contributed by atoms with Gasteiger partial charge in [0.25, 0.3) is 5.69 Å². The summed E-state index contributed by atoms with van der Waals surface area (Å²) in [6, 6.07) is 6.61. The van der Waals surface area contributed by atoms with Crippen LogP contribution in [0.25, 0.3) is 0 Å². The lowest BCUT2D eigenvalue weighted by Gasteiger charge is -2.37. The summed E-state index contributed by atoms with van der Waals surface area (Å²) in [5, 5.41) is 14.2. The second kappa shape index (κ2) is 12.0. The van der Waals surface area contributed by atoms with E-state index in [-0.39, 0.29) is 40.5 Å². The van der Waals surface area contributed by atoms with Gasteiger partial charge in [-0.05, 0) is 24.8 Å². The third-order valence-corrected chi connectivity index (χ3v) is 5.52. The molecule has 2 fully saturated rings. The highest BCUT2D eigenvalue weighted by molar-refractivity contribution is 14.0. The van der Waals surface area contributed by atoms with Crippen molar-refractivity contribution in [1.82, 2.24) is 20.0 Å². The van der Waals surface area contributed by atoms with Gasteiger partial charge in [0.1, 0.15) is 0 Å². The second-order valence-corrected chi connectivity index (χ2v) is 7.53. The van der Waals surface area contributed by atoms with Crippen LogP contribution in [-0.2, 0) is 11.3 Å². The predicted octanol–water partition coefficient (Wildman–Crippen LogP) is 1.92. The average molecular weight is 530 g/mol. The molecular formula is C20H31IN6O3. The van der Waals surface area contributed by atoms with Crippen molar-refractivity contribution in [2.75, 3.05) is 52.9 Å². The van der Waals surface area contributed by atoms with Gasteiger partial charge in [-0.1, -0.05) is 12.1 Å². The summed E-state index contributed by atoms with van der Waals surface area (Å²) in [7, 11) is 1.74. The number of carbonyl (C=O) groups excluding carboxylic acids is 1. The minimum Gasteiger partial charge on any atom is -0.352 e. The number of likely N-dealkylation sites (tertiary alicyclic amines) is 1. The van der Waals surface area contributed by atoms with Gasteiger partial charge < -0.3 is 15.1 Å². The Morgan fingerprint density at radius 3 is 2.43 bits per heavy atom. The van der Waals surface area contributed by atoms with Gasteiger partial charge in [0.15, 0.2) is 5.96 Å². The van der Waals surface area contributed by atoms with Gasteiger partial charge in [0, 0.05) is 65.0 Å². The van der Waals surface area contributed by atoms with Crippen molar-refractivity contribution >= 4 is 41.5 Å². The minimum absolute atomic E-state index is 0. The molecule has 1 N–H and O–H groups in total. The van der Waals surface area contributed by atoms with Crippen LogP contribution < -0.4 is 5.32 Å². The van der Waals surface area contributed by atoms with Gasteiger partial charge in [0.05, 0.1) is 11.5 Å². The van der Waals surface area contributed by atoms with Crippen molar-refractivity contribution < 1.29 is 9.72 Å². The number of nitro groups is 1. The molecule has 0 unspecified atom stereocenters. The molecule has 0 spiro atoms.